The SMILES string of the molecule is CC(C)c1cnc(NC(=O)CCC2CCNC2)s1. The number of aromatic nitrogens is 1. The second-order valence-electron chi connectivity index (χ2n) is 5.17. The van der Waals surface area contributed by atoms with E-state index in [0.717, 1.165) is 24.6 Å². The van der Waals surface area contributed by atoms with Crippen LogP contribution in [0, 0.1) is 5.92 Å². The van der Waals surface area contributed by atoms with Crippen molar-refractivity contribution in [1.29, 1.82) is 0 Å². The Morgan fingerprint density at radius 3 is 3.11 bits per heavy atom. The summed E-state index contributed by atoms with van der Waals surface area (Å²) in [6.45, 7) is 6.41. The van der Waals surface area contributed by atoms with E-state index in [-0.39, 0.29) is 5.91 Å². The Morgan fingerprint density at radius 1 is 1.67 bits per heavy atom. The third-order valence-corrected chi connectivity index (χ3v) is 4.49. The fraction of sp³-hybridized carbons (Fsp3) is 0.692. The van der Waals surface area contributed by atoms with Gasteiger partial charge in [-0.25, -0.2) is 4.98 Å². The van der Waals surface area contributed by atoms with Crippen LogP contribution in [0.1, 0.15) is 43.9 Å². The Morgan fingerprint density at radius 2 is 2.50 bits per heavy atom. The van der Waals surface area contributed by atoms with Gasteiger partial charge in [0.05, 0.1) is 0 Å². The van der Waals surface area contributed by atoms with Crippen molar-refractivity contribution in [3.8, 4) is 0 Å². The van der Waals surface area contributed by atoms with Gasteiger partial charge in [0.25, 0.3) is 0 Å². The van der Waals surface area contributed by atoms with E-state index in [4.69, 9.17) is 0 Å². The van der Waals surface area contributed by atoms with Gasteiger partial charge < -0.3 is 10.6 Å². The smallest absolute Gasteiger partial charge is 0.226 e. The van der Waals surface area contributed by atoms with Crippen LogP contribution < -0.4 is 10.6 Å². The Bertz CT molecular complexity index is 397. The second-order valence-corrected chi connectivity index (χ2v) is 6.23. The van der Waals surface area contributed by atoms with Crippen LogP contribution in [0.5, 0.6) is 0 Å². The normalized spacial score (nSPS) is 19.4. The molecule has 1 aliphatic rings. The van der Waals surface area contributed by atoms with E-state index in [0.29, 0.717) is 18.3 Å². The van der Waals surface area contributed by atoms with Gasteiger partial charge in [-0.05, 0) is 37.8 Å². The van der Waals surface area contributed by atoms with Gasteiger partial charge in [-0.1, -0.05) is 13.8 Å². The van der Waals surface area contributed by atoms with Crippen molar-refractivity contribution in [2.24, 2.45) is 5.92 Å². The van der Waals surface area contributed by atoms with Crippen LogP contribution in [0.3, 0.4) is 0 Å². The summed E-state index contributed by atoms with van der Waals surface area (Å²) in [7, 11) is 0. The second kappa shape index (κ2) is 6.29. The fourth-order valence-corrected chi connectivity index (χ4v) is 2.92. The molecular formula is C13H21N3OS. The zero-order valence-corrected chi connectivity index (χ0v) is 11.8. The summed E-state index contributed by atoms with van der Waals surface area (Å²) in [5, 5.41) is 6.94. The molecule has 1 atom stereocenters. The number of hydrogen-bond donors (Lipinski definition) is 2. The van der Waals surface area contributed by atoms with Gasteiger partial charge >= 0.3 is 0 Å². The Kier molecular flexibility index (Phi) is 4.72. The topological polar surface area (TPSA) is 54.0 Å². The Balaban J connectivity index is 1.75. The number of carbonyl (C=O) groups excluding carboxylic acids is 1. The summed E-state index contributed by atoms with van der Waals surface area (Å²) in [6.07, 6.45) is 4.62. The minimum absolute atomic E-state index is 0.0894. The lowest BCUT2D eigenvalue weighted by atomic mass is 10.0. The number of thiazole rings is 1. The van der Waals surface area contributed by atoms with E-state index in [9.17, 15) is 4.79 Å². The van der Waals surface area contributed by atoms with Gasteiger partial charge in [0, 0.05) is 17.5 Å². The summed E-state index contributed by atoms with van der Waals surface area (Å²) >= 11 is 1.57. The number of nitrogens with zero attached hydrogens (tertiary/aromatic N) is 1. The quantitative estimate of drug-likeness (QED) is 0.862. The molecule has 0 radical (unpaired) electrons. The molecule has 2 heterocycles. The first-order chi connectivity index (χ1) is 8.65. The fourth-order valence-electron chi connectivity index (χ4n) is 2.09. The highest BCUT2D eigenvalue weighted by atomic mass is 32.1. The van der Waals surface area contributed by atoms with E-state index >= 15 is 0 Å². The maximum absolute atomic E-state index is 11.8. The molecule has 18 heavy (non-hydrogen) atoms. The number of carbonyl (C=O) groups is 1. The summed E-state index contributed by atoms with van der Waals surface area (Å²) in [4.78, 5) is 17.2. The van der Waals surface area contributed by atoms with E-state index in [1.807, 2.05) is 6.20 Å². The third kappa shape index (κ3) is 3.78. The first-order valence-electron chi connectivity index (χ1n) is 6.61. The zero-order chi connectivity index (χ0) is 13.0. The van der Waals surface area contributed by atoms with Crippen molar-refractivity contribution in [2.45, 2.75) is 39.0 Å². The van der Waals surface area contributed by atoms with Gasteiger partial charge in [0.15, 0.2) is 5.13 Å². The number of hydrogen-bond acceptors (Lipinski definition) is 4. The molecule has 1 saturated heterocycles. The highest BCUT2D eigenvalue weighted by molar-refractivity contribution is 7.15. The van der Waals surface area contributed by atoms with Crippen LogP contribution in [0.4, 0.5) is 5.13 Å². The minimum atomic E-state index is 0.0894. The van der Waals surface area contributed by atoms with Crippen molar-refractivity contribution in [2.75, 3.05) is 18.4 Å². The van der Waals surface area contributed by atoms with Crippen molar-refractivity contribution in [1.82, 2.24) is 10.3 Å². The summed E-state index contributed by atoms with van der Waals surface area (Å²) in [5.41, 5.74) is 0. The third-order valence-electron chi connectivity index (χ3n) is 3.28. The van der Waals surface area contributed by atoms with E-state index in [1.165, 1.54) is 11.3 Å². The van der Waals surface area contributed by atoms with E-state index < -0.39 is 0 Å². The van der Waals surface area contributed by atoms with Gasteiger partial charge in [0.2, 0.25) is 5.91 Å². The molecule has 0 spiro atoms. The molecule has 2 N–H and O–H groups in total. The average Bonchev–Trinajstić information content (AvgIpc) is 2.96. The summed E-state index contributed by atoms with van der Waals surface area (Å²) < 4.78 is 0. The molecule has 1 aromatic heterocycles. The molecule has 100 valence electrons. The van der Waals surface area contributed by atoms with E-state index in [1.54, 1.807) is 11.3 Å². The van der Waals surface area contributed by atoms with Crippen molar-refractivity contribution >= 4 is 22.4 Å². The van der Waals surface area contributed by atoms with Crippen molar-refractivity contribution in [3.63, 3.8) is 0 Å². The molecule has 1 amide bonds. The molecule has 0 aromatic carbocycles. The largest absolute Gasteiger partial charge is 0.316 e. The highest BCUT2D eigenvalue weighted by Gasteiger charge is 2.16. The van der Waals surface area contributed by atoms with Crippen LogP contribution in [-0.4, -0.2) is 24.0 Å². The van der Waals surface area contributed by atoms with Crippen LogP contribution >= 0.6 is 11.3 Å². The molecular weight excluding hydrogens is 246 g/mol. The van der Waals surface area contributed by atoms with Gasteiger partial charge in [-0.15, -0.1) is 11.3 Å². The van der Waals surface area contributed by atoms with Crippen LogP contribution in [0.25, 0.3) is 0 Å². The molecule has 4 nitrogen and oxygen atoms in total. The van der Waals surface area contributed by atoms with Crippen LogP contribution in [0.15, 0.2) is 6.20 Å². The summed E-state index contributed by atoms with van der Waals surface area (Å²) in [6, 6.07) is 0. The van der Waals surface area contributed by atoms with Crippen LogP contribution in [-0.2, 0) is 4.79 Å². The summed E-state index contributed by atoms with van der Waals surface area (Å²) in [5.74, 6) is 1.22. The first-order valence-corrected chi connectivity index (χ1v) is 7.43. The predicted octanol–water partition coefficient (Wildman–Crippen LogP) is 2.59. The molecule has 1 unspecified atom stereocenters. The molecule has 0 saturated carbocycles. The maximum atomic E-state index is 11.8. The van der Waals surface area contributed by atoms with Gasteiger partial charge in [-0.3, -0.25) is 4.79 Å². The van der Waals surface area contributed by atoms with Crippen molar-refractivity contribution < 1.29 is 4.79 Å². The number of anilines is 1. The lowest BCUT2D eigenvalue weighted by Crippen LogP contribution is -2.14. The Hall–Kier alpha value is -0.940. The molecule has 1 fully saturated rings. The molecule has 2 rings (SSSR count). The van der Waals surface area contributed by atoms with E-state index in [2.05, 4.69) is 29.5 Å². The number of nitrogens with one attached hydrogen (secondary N) is 2. The van der Waals surface area contributed by atoms with Gasteiger partial charge in [-0.2, -0.15) is 0 Å². The highest BCUT2D eigenvalue weighted by Crippen LogP contribution is 2.25. The molecule has 1 aliphatic heterocycles. The predicted molar refractivity (Wildman–Crippen MR) is 75.0 cm³/mol. The Labute approximate surface area is 112 Å². The van der Waals surface area contributed by atoms with Crippen molar-refractivity contribution in [3.05, 3.63) is 11.1 Å². The molecule has 0 aliphatic carbocycles. The maximum Gasteiger partial charge on any atom is 0.226 e. The van der Waals surface area contributed by atoms with Crippen LogP contribution in [0.2, 0.25) is 0 Å². The lowest BCUT2D eigenvalue weighted by Gasteiger charge is -2.07. The molecule has 1 aromatic rings. The number of amides is 1. The average molecular weight is 267 g/mol. The van der Waals surface area contributed by atoms with Gasteiger partial charge in [0.1, 0.15) is 0 Å². The standard InChI is InChI=1S/C13H21N3OS/c1-9(2)11-8-15-13(18-11)16-12(17)4-3-10-5-6-14-7-10/h8-10,14H,3-7H2,1-2H3,(H,15,16,17). The minimum Gasteiger partial charge on any atom is -0.316 e. The molecule has 5 heteroatoms. The number of rotatable bonds is 5. The lowest BCUT2D eigenvalue weighted by molar-refractivity contribution is -0.116. The zero-order valence-electron chi connectivity index (χ0n) is 11.0. The first kappa shape index (κ1) is 13.5. The molecule has 0 bridgehead atoms. The monoisotopic (exact) mass is 267 g/mol.